The largest absolute Gasteiger partial charge is 0.497 e. The molecule has 0 unspecified atom stereocenters. The second-order valence-corrected chi connectivity index (χ2v) is 5.80. The van der Waals surface area contributed by atoms with E-state index >= 15 is 0 Å². The second-order valence-electron chi connectivity index (χ2n) is 5.80. The van der Waals surface area contributed by atoms with Gasteiger partial charge in [-0.1, -0.05) is 12.2 Å². The van der Waals surface area contributed by atoms with Crippen molar-refractivity contribution in [3.8, 4) is 5.75 Å². The average Bonchev–Trinajstić information content (AvgIpc) is 2.45. The fourth-order valence-electron chi connectivity index (χ4n) is 1.73. The molecule has 7 heteroatoms. The molecular formula is C16H22N2O5. The molecule has 0 radical (unpaired) electrons. The summed E-state index contributed by atoms with van der Waals surface area (Å²) in [6.07, 6.45) is 3.45. The summed E-state index contributed by atoms with van der Waals surface area (Å²) in [5.74, 6) is 0.431. The van der Waals surface area contributed by atoms with Crippen molar-refractivity contribution in [3.63, 3.8) is 0 Å². The molecule has 1 aromatic rings. The molecule has 0 saturated carbocycles. The third kappa shape index (κ3) is 6.82. The van der Waals surface area contributed by atoms with Crippen LogP contribution in [0.15, 0.2) is 24.3 Å². The molecule has 1 N–H and O–H groups in total. The Labute approximate surface area is 135 Å². The summed E-state index contributed by atoms with van der Waals surface area (Å²) >= 11 is 0. The minimum Gasteiger partial charge on any atom is -0.497 e. The molecule has 0 heterocycles. The first-order valence-corrected chi connectivity index (χ1v) is 7.19. The van der Waals surface area contributed by atoms with Crippen LogP contribution in [0.25, 0.3) is 6.08 Å². The van der Waals surface area contributed by atoms with Crippen LogP contribution in [0.5, 0.6) is 5.75 Å². The molecule has 0 aromatic heterocycles. The van der Waals surface area contributed by atoms with E-state index in [1.807, 2.05) is 0 Å². The third-order valence-corrected chi connectivity index (χ3v) is 2.71. The Morgan fingerprint density at radius 2 is 2.09 bits per heavy atom. The van der Waals surface area contributed by atoms with Gasteiger partial charge in [0, 0.05) is 6.54 Å². The van der Waals surface area contributed by atoms with E-state index in [0.717, 1.165) is 0 Å². The zero-order valence-electron chi connectivity index (χ0n) is 13.8. The summed E-state index contributed by atoms with van der Waals surface area (Å²) in [6, 6.07) is 4.65. The van der Waals surface area contributed by atoms with E-state index in [1.165, 1.54) is 13.2 Å². The second kappa shape index (κ2) is 8.17. The number of carbonyl (C=O) groups excluding carboxylic acids is 1. The molecule has 0 bridgehead atoms. The van der Waals surface area contributed by atoms with Gasteiger partial charge in [0.05, 0.1) is 23.7 Å². The number of alkyl carbamates (subject to hydrolysis) is 1. The molecule has 0 spiro atoms. The van der Waals surface area contributed by atoms with Crippen molar-refractivity contribution >= 4 is 17.9 Å². The molecule has 0 fully saturated rings. The van der Waals surface area contributed by atoms with Crippen LogP contribution in [0.1, 0.15) is 32.8 Å². The van der Waals surface area contributed by atoms with Crippen molar-refractivity contribution in [2.45, 2.75) is 32.8 Å². The highest BCUT2D eigenvalue weighted by atomic mass is 16.6. The Balaban J connectivity index is 2.55. The number of hydrogen-bond donors (Lipinski definition) is 1. The number of nitrogens with zero attached hydrogens (tertiary/aromatic N) is 1. The van der Waals surface area contributed by atoms with E-state index in [4.69, 9.17) is 9.47 Å². The van der Waals surface area contributed by atoms with Crippen LogP contribution in [-0.2, 0) is 4.74 Å². The molecular weight excluding hydrogens is 300 g/mol. The number of nitro benzene ring substituents is 1. The van der Waals surface area contributed by atoms with Crippen LogP contribution in [-0.4, -0.2) is 30.3 Å². The van der Waals surface area contributed by atoms with Gasteiger partial charge >= 0.3 is 6.09 Å². The van der Waals surface area contributed by atoms with Gasteiger partial charge in [-0.15, -0.1) is 0 Å². The SMILES string of the molecule is COc1ccc(C=CCCNC(=O)OC(C)(C)C)c([N+](=O)[O-])c1. The number of rotatable bonds is 6. The third-order valence-electron chi connectivity index (χ3n) is 2.71. The highest BCUT2D eigenvalue weighted by molar-refractivity contribution is 5.67. The molecule has 126 valence electrons. The van der Waals surface area contributed by atoms with E-state index in [-0.39, 0.29) is 5.69 Å². The number of benzene rings is 1. The fourth-order valence-corrected chi connectivity index (χ4v) is 1.73. The Kier molecular flexibility index (Phi) is 6.56. The van der Waals surface area contributed by atoms with Crippen LogP contribution in [0, 0.1) is 10.1 Å². The average molecular weight is 322 g/mol. The van der Waals surface area contributed by atoms with Crippen molar-refractivity contribution in [1.82, 2.24) is 5.32 Å². The number of hydrogen-bond acceptors (Lipinski definition) is 5. The van der Waals surface area contributed by atoms with Crippen LogP contribution in [0.4, 0.5) is 10.5 Å². The molecule has 23 heavy (non-hydrogen) atoms. The Morgan fingerprint density at radius 3 is 2.65 bits per heavy atom. The van der Waals surface area contributed by atoms with E-state index in [0.29, 0.717) is 24.3 Å². The minimum atomic E-state index is -0.538. The maximum absolute atomic E-state index is 11.4. The summed E-state index contributed by atoms with van der Waals surface area (Å²) in [6.45, 7) is 5.75. The number of nitro groups is 1. The lowest BCUT2D eigenvalue weighted by Crippen LogP contribution is -2.32. The number of methoxy groups -OCH3 is 1. The molecule has 0 saturated heterocycles. The quantitative estimate of drug-likeness (QED) is 0.491. The maximum Gasteiger partial charge on any atom is 0.407 e. The van der Waals surface area contributed by atoms with Gasteiger partial charge in [0.25, 0.3) is 5.69 Å². The van der Waals surface area contributed by atoms with E-state index < -0.39 is 16.6 Å². The molecule has 0 aliphatic heterocycles. The number of carbonyl (C=O) groups is 1. The summed E-state index contributed by atoms with van der Waals surface area (Å²) in [5.41, 5.74) is -0.0855. The molecule has 0 aliphatic carbocycles. The molecule has 0 atom stereocenters. The highest BCUT2D eigenvalue weighted by Crippen LogP contribution is 2.25. The smallest absolute Gasteiger partial charge is 0.407 e. The first-order valence-electron chi connectivity index (χ1n) is 7.19. The summed E-state index contributed by atoms with van der Waals surface area (Å²) in [5, 5.41) is 13.7. The minimum absolute atomic E-state index is 0.0271. The van der Waals surface area contributed by atoms with Crippen molar-refractivity contribution in [1.29, 1.82) is 0 Å². The van der Waals surface area contributed by atoms with E-state index in [9.17, 15) is 14.9 Å². The zero-order chi connectivity index (χ0) is 17.5. The Bertz CT molecular complexity index is 591. The van der Waals surface area contributed by atoms with Gasteiger partial charge in [-0.2, -0.15) is 0 Å². The van der Waals surface area contributed by atoms with Crippen LogP contribution in [0.2, 0.25) is 0 Å². The number of nitrogens with one attached hydrogen (secondary N) is 1. The molecule has 0 aliphatic rings. The van der Waals surface area contributed by atoms with Gasteiger partial charge in [-0.3, -0.25) is 10.1 Å². The molecule has 7 nitrogen and oxygen atoms in total. The van der Waals surface area contributed by atoms with Crippen LogP contribution in [0.3, 0.4) is 0 Å². The van der Waals surface area contributed by atoms with Crippen molar-refractivity contribution in [3.05, 3.63) is 40.0 Å². The van der Waals surface area contributed by atoms with E-state index in [1.54, 1.807) is 45.1 Å². The maximum atomic E-state index is 11.4. The number of amides is 1. The van der Waals surface area contributed by atoms with Crippen molar-refractivity contribution in [2.24, 2.45) is 0 Å². The lowest BCUT2D eigenvalue weighted by Gasteiger charge is -2.19. The van der Waals surface area contributed by atoms with Crippen LogP contribution >= 0.6 is 0 Å². The topological polar surface area (TPSA) is 90.7 Å². The molecule has 1 aromatic carbocycles. The van der Waals surface area contributed by atoms with Crippen LogP contribution < -0.4 is 10.1 Å². The highest BCUT2D eigenvalue weighted by Gasteiger charge is 2.15. The molecule has 1 rings (SSSR count). The first-order chi connectivity index (χ1) is 10.7. The van der Waals surface area contributed by atoms with Crippen molar-refractivity contribution in [2.75, 3.05) is 13.7 Å². The van der Waals surface area contributed by atoms with Gasteiger partial charge in [0.15, 0.2) is 0 Å². The Morgan fingerprint density at radius 1 is 1.39 bits per heavy atom. The van der Waals surface area contributed by atoms with E-state index in [2.05, 4.69) is 5.32 Å². The van der Waals surface area contributed by atoms with Gasteiger partial charge in [0.1, 0.15) is 11.4 Å². The molecule has 1 amide bonds. The zero-order valence-corrected chi connectivity index (χ0v) is 13.8. The summed E-state index contributed by atoms with van der Waals surface area (Å²) in [4.78, 5) is 22.0. The predicted octanol–water partition coefficient (Wildman–Crippen LogP) is 3.53. The summed E-state index contributed by atoms with van der Waals surface area (Å²) < 4.78 is 10.1. The standard InChI is InChI=1S/C16H22N2O5/c1-16(2,3)23-15(19)17-10-6-5-7-12-8-9-13(22-4)11-14(12)18(20)21/h5,7-9,11H,6,10H2,1-4H3,(H,17,19). The fraction of sp³-hybridized carbons (Fsp3) is 0.438. The van der Waals surface area contributed by atoms with Gasteiger partial charge in [-0.05, 0) is 39.3 Å². The van der Waals surface area contributed by atoms with Gasteiger partial charge in [-0.25, -0.2) is 4.79 Å². The lowest BCUT2D eigenvalue weighted by molar-refractivity contribution is -0.385. The first kappa shape index (κ1) is 18.5. The lowest BCUT2D eigenvalue weighted by atomic mass is 10.1. The monoisotopic (exact) mass is 322 g/mol. The predicted molar refractivity (Wildman–Crippen MR) is 87.5 cm³/mol. The van der Waals surface area contributed by atoms with Gasteiger partial charge < -0.3 is 14.8 Å². The Hall–Kier alpha value is -2.57. The summed E-state index contributed by atoms with van der Waals surface area (Å²) in [7, 11) is 1.46. The van der Waals surface area contributed by atoms with Crippen molar-refractivity contribution < 1.29 is 19.2 Å². The normalized spacial score (nSPS) is 11.3. The van der Waals surface area contributed by atoms with Gasteiger partial charge in [0.2, 0.25) is 0 Å². The number of ether oxygens (including phenoxy) is 2.